The molecule has 2 N–H and O–H groups in total. The lowest BCUT2D eigenvalue weighted by molar-refractivity contribution is -0.142. The number of hydrogen-bond donors (Lipinski definition) is 1. The highest BCUT2D eigenvalue weighted by Gasteiger charge is 2.07. The van der Waals surface area contributed by atoms with E-state index in [9.17, 15) is 9.59 Å². The number of primary amides is 1. The van der Waals surface area contributed by atoms with Crippen molar-refractivity contribution in [3.8, 4) is 0 Å². The molecule has 1 aromatic rings. The van der Waals surface area contributed by atoms with Crippen molar-refractivity contribution < 1.29 is 14.3 Å². The van der Waals surface area contributed by atoms with Crippen LogP contribution in [0, 0.1) is 0 Å². The van der Waals surface area contributed by atoms with Gasteiger partial charge >= 0.3 is 5.97 Å². The van der Waals surface area contributed by atoms with E-state index in [0.29, 0.717) is 5.01 Å². The van der Waals surface area contributed by atoms with Crippen LogP contribution < -0.4 is 5.73 Å². The zero-order chi connectivity index (χ0) is 9.84. The average molecular weight is 200 g/mol. The maximum absolute atomic E-state index is 10.6. The molecule has 0 unspecified atom stereocenters. The highest BCUT2D eigenvalue weighted by Crippen LogP contribution is 2.10. The Morgan fingerprint density at radius 3 is 2.85 bits per heavy atom. The smallest absolute Gasteiger partial charge is 0.303 e. The molecule has 1 aromatic heterocycles. The Kier molecular flexibility index (Phi) is 2.97. The third-order valence-electron chi connectivity index (χ3n) is 1.20. The van der Waals surface area contributed by atoms with E-state index in [1.807, 2.05) is 0 Å². The van der Waals surface area contributed by atoms with Crippen molar-refractivity contribution in [2.75, 3.05) is 0 Å². The summed E-state index contributed by atoms with van der Waals surface area (Å²) in [6, 6.07) is 0. The van der Waals surface area contributed by atoms with Gasteiger partial charge in [-0.1, -0.05) is 0 Å². The summed E-state index contributed by atoms with van der Waals surface area (Å²) in [5.74, 6) is -0.957. The van der Waals surface area contributed by atoms with Crippen molar-refractivity contribution >= 4 is 23.2 Å². The number of thiazole rings is 1. The quantitative estimate of drug-likeness (QED) is 0.711. The number of carbonyl (C=O) groups is 2. The van der Waals surface area contributed by atoms with Crippen molar-refractivity contribution in [1.29, 1.82) is 0 Å². The maximum Gasteiger partial charge on any atom is 0.303 e. The number of rotatable bonds is 3. The van der Waals surface area contributed by atoms with Crippen LogP contribution in [-0.2, 0) is 16.1 Å². The predicted molar refractivity (Wildman–Crippen MR) is 46.1 cm³/mol. The number of nitrogens with two attached hydrogens (primary N) is 1. The molecule has 0 aliphatic carbocycles. The Bertz CT molecular complexity index is 334. The van der Waals surface area contributed by atoms with E-state index in [1.54, 1.807) is 0 Å². The molecule has 0 aliphatic heterocycles. The molecule has 5 nitrogen and oxygen atoms in total. The van der Waals surface area contributed by atoms with Gasteiger partial charge in [0.25, 0.3) is 5.91 Å². The molecule has 6 heteroatoms. The molecule has 0 saturated heterocycles. The lowest BCUT2D eigenvalue weighted by Crippen LogP contribution is -2.11. The normalized spacial score (nSPS) is 9.62. The van der Waals surface area contributed by atoms with Gasteiger partial charge < -0.3 is 10.5 Å². The fourth-order valence-electron chi connectivity index (χ4n) is 0.654. The van der Waals surface area contributed by atoms with E-state index < -0.39 is 5.91 Å². The van der Waals surface area contributed by atoms with Crippen LogP contribution in [0.15, 0.2) is 5.38 Å². The fourth-order valence-corrected chi connectivity index (χ4v) is 1.35. The zero-order valence-corrected chi connectivity index (χ0v) is 7.76. The highest BCUT2D eigenvalue weighted by atomic mass is 32.1. The first kappa shape index (κ1) is 9.66. The molecule has 0 atom stereocenters. The number of aromatic nitrogens is 1. The maximum atomic E-state index is 10.6. The number of esters is 1. The van der Waals surface area contributed by atoms with Gasteiger partial charge in [0.1, 0.15) is 17.3 Å². The number of carbonyl (C=O) groups excluding carboxylic acids is 2. The van der Waals surface area contributed by atoms with Gasteiger partial charge in [-0.05, 0) is 0 Å². The zero-order valence-electron chi connectivity index (χ0n) is 6.94. The van der Waals surface area contributed by atoms with Crippen molar-refractivity contribution in [1.82, 2.24) is 4.98 Å². The van der Waals surface area contributed by atoms with Gasteiger partial charge in [-0.3, -0.25) is 9.59 Å². The largest absolute Gasteiger partial charge is 0.458 e. The van der Waals surface area contributed by atoms with E-state index in [2.05, 4.69) is 9.72 Å². The molecular formula is C7H8N2O3S. The number of amides is 1. The van der Waals surface area contributed by atoms with Crippen molar-refractivity contribution in [3.63, 3.8) is 0 Å². The fraction of sp³-hybridized carbons (Fsp3) is 0.286. The number of hydrogen-bond acceptors (Lipinski definition) is 5. The summed E-state index contributed by atoms with van der Waals surface area (Å²) in [5, 5.41) is 2.09. The van der Waals surface area contributed by atoms with Gasteiger partial charge in [-0.25, -0.2) is 4.98 Å². The molecule has 0 aromatic carbocycles. The number of nitrogens with zero attached hydrogens (tertiary/aromatic N) is 1. The topological polar surface area (TPSA) is 82.3 Å². The second-order valence-electron chi connectivity index (χ2n) is 2.27. The van der Waals surface area contributed by atoms with Gasteiger partial charge in [-0.15, -0.1) is 11.3 Å². The minimum atomic E-state index is -0.578. The van der Waals surface area contributed by atoms with Crippen molar-refractivity contribution in [2.45, 2.75) is 13.5 Å². The lowest BCUT2D eigenvalue weighted by Gasteiger charge is -1.95. The van der Waals surface area contributed by atoms with Gasteiger partial charge in [0, 0.05) is 12.3 Å². The minimum Gasteiger partial charge on any atom is -0.458 e. The Morgan fingerprint density at radius 2 is 2.38 bits per heavy atom. The van der Waals surface area contributed by atoms with Crippen LogP contribution in [0.5, 0.6) is 0 Å². The third-order valence-corrected chi connectivity index (χ3v) is 2.03. The second-order valence-corrected chi connectivity index (χ2v) is 3.21. The Hall–Kier alpha value is -1.43. The molecule has 0 bridgehead atoms. The predicted octanol–water partition coefficient (Wildman–Crippen LogP) is 0.305. The molecular weight excluding hydrogens is 192 g/mol. The third kappa shape index (κ3) is 2.83. The summed E-state index contributed by atoms with van der Waals surface area (Å²) in [7, 11) is 0. The van der Waals surface area contributed by atoms with Crippen LogP contribution in [0.4, 0.5) is 0 Å². The van der Waals surface area contributed by atoms with Crippen molar-refractivity contribution in [2.24, 2.45) is 5.73 Å². The Morgan fingerprint density at radius 1 is 1.69 bits per heavy atom. The van der Waals surface area contributed by atoms with Gasteiger partial charge in [0.15, 0.2) is 0 Å². The van der Waals surface area contributed by atoms with E-state index in [0.717, 1.165) is 0 Å². The Labute approximate surface area is 78.5 Å². The van der Waals surface area contributed by atoms with Crippen LogP contribution in [0.25, 0.3) is 0 Å². The average Bonchev–Trinajstić information content (AvgIpc) is 2.48. The molecule has 1 heterocycles. The first-order valence-corrected chi connectivity index (χ1v) is 4.35. The molecule has 1 amide bonds. The molecule has 0 saturated carbocycles. The molecule has 70 valence electrons. The minimum absolute atomic E-state index is 0.0906. The van der Waals surface area contributed by atoms with Gasteiger partial charge in [-0.2, -0.15) is 0 Å². The van der Waals surface area contributed by atoms with Crippen LogP contribution in [-0.4, -0.2) is 16.9 Å². The summed E-state index contributed by atoms with van der Waals surface area (Å²) in [6.45, 7) is 1.40. The van der Waals surface area contributed by atoms with Crippen LogP contribution in [0.2, 0.25) is 0 Å². The molecule has 0 aliphatic rings. The molecule has 1 rings (SSSR count). The summed E-state index contributed by atoms with van der Waals surface area (Å²) in [6.07, 6.45) is 0. The monoisotopic (exact) mass is 200 g/mol. The van der Waals surface area contributed by atoms with Crippen LogP contribution in [0.1, 0.15) is 22.4 Å². The second kappa shape index (κ2) is 3.99. The molecule has 0 radical (unpaired) electrons. The van der Waals surface area contributed by atoms with E-state index in [4.69, 9.17) is 5.73 Å². The number of ether oxygens (including phenoxy) is 1. The SMILES string of the molecule is CC(=O)OCc1nc(C(N)=O)cs1. The van der Waals surface area contributed by atoms with E-state index in [1.165, 1.54) is 23.6 Å². The lowest BCUT2D eigenvalue weighted by atomic mass is 10.5. The molecule has 0 fully saturated rings. The van der Waals surface area contributed by atoms with E-state index >= 15 is 0 Å². The summed E-state index contributed by atoms with van der Waals surface area (Å²) >= 11 is 1.23. The molecule has 13 heavy (non-hydrogen) atoms. The van der Waals surface area contributed by atoms with Gasteiger partial charge in [0.2, 0.25) is 0 Å². The van der Waals surface area contributed by atoms with E-state index in [-0.39, 0.29) is 18.3 Å². The van der Waals surface area contributed by atoms with Crippen LogP contribution >= 0.6 is 11.3 Å². The Balaban J connectivity index is 2.59. The first-order chi connectivity index (χ1) is 6.09. The highest BCUT2D eigenvalue weighted by molar-refractivity contribution is 7.09. The molecule has 0 spiro atoms. The summed E-state index contributed by atoms with van der Waals surface area (Å²) in [4.78, 5) is 24.9. The van der Waals surface area contributed by atoms with Crippen molar-refractivity contribution in [3.05, 3.63) is 16.1 Å². The van der Waals surface area contributed by atoms with Crippen LogP contribution in [0.3, 0.4) is 0 Å². The van der Waals surface area contributed by atoms with Gasteiger partial charge in [0.05, 0.1) is 0 Å². The standard InChI is InChI=1S/C7H8N2O3S/c1-4(10)12-2-6-9-5(3-13-6)7(8)11/h3H,2H2,1H3,(H2,8,11). The summed E-state index contributed by atoms with van der Waals surface area (Å²) in [5.41, 5.74) is 5.18. The first-order valence-electron chi connectivity index (χ1n) is 3.47. The summed E-state index contributed by atoms with van der Waals surface area (Å²) < 4.78 is 4.68.